The van der Waals surface area contributed by atoms with Gasteiger partial charge < -0.3 is 5.11 Å². The summed E-state index contributed by atoms with van der Waals surface area (Å²) in [4.78, 5) is 15.6. The van der Waals surface area contributed by atoms with E-state index in [1.165, 1.54) is 0 Å². The number of azo groups is 1. The largest absolute Gasteiger partial charge is 0.476 e. The highest BCUT2D eigenvalue weighted by atomic mass is 16.4. The molecule has 3 rings (SSSR count). The molecule has 116 valence electrons. The third kappa shape index (κ3) is 2.70. The van der Waals surface area contributed by atoms with Crippen molar-refractivity contribution in [3.8, 4) is 0 Å². The lowest BCUT2D eigenvalue weighted by Crippen LogP contribution is -1.96. The van der Waals surface area contributed by atoms with Gasteiger partial charge in [-0.2, -0.15) is 0 Å². The molecule has 0 spiro atoms. The number of carboxylic acid groups (broad SMARTS) is 1. The monoisotopic (exact) mass is 308 g/mol. The third-order valence-electron chi connectivity index (χ3n) is 3.64. The molecule has 6 nitrogen and oxygen atoms in total. The molecule has 2 aromatic heterocycles. The van der Waals surface area contributed by atoms with Gasteiger partial charge in [-0.1, -0.05) is 18.2 Å². The van der Waals surface area contributed by atoms with E-state index in [1.807, 2.05) is 51.1 Å². The molecule has 0 radical (unpaired) electrons. The van der Waals surface area contributed by atoms with Crippen LogP contribution in [-0.4, -0.2) is 20.5 Å². The number of rotatable bonds is 3. The summed E-state index contributed by atoms with van der Waals surface area (Å²) in [5.74, 6) is -0.906. The van der Waals surface area contributed by atoms with Gasteiger partial charge in [0.25, 0.3) is 0 Å². The molecule has 0 aliphatic heterocycles. The second-order valence-corrected chi connectivity index (χ2v) is 5.46. The number of benzene rings is 1. The Hall–Kier alpha value is -3.02. The van der Waals surface area contributed by atoms with Crippen LogP contribution in [0.2, 0.25) is 0 Å². The van der Waals surface area contributed by atoms with E-state index in [0.29, 0.717) is 5.65 Å². The van der Waals surface area contributed by atoms with Crippen molar-refractivity contribution in [1.82, 2.24) is 9.38 Å². The molecule has 0 saturated carbocycles. The van der Waals surface area contributed by atoms with Crippen LogP contribution in [0.15, 0.2) is 46.8 Å². The van der Waals surface area contributed by atoms with Crippen LogP contribution in [-0.2, 0) is 0 Å². The molecule has 6 heteroatoms. The Morgan fingerprint density at radius 2 is 1.83 bits per heavy atom. The Bertz CT molecular complexity index is 921. The van der Waals surface area contributed by atoms with Gasteiger partial charge in [0.1, 0.15) is 5.65 Å². The van der Waals surface area contributed by atoms with Gasteiger partial charge in [0, 0.05) is 6.20 Å². The van der Waals surface area contributed by atoms with Gasteiger partial charge in [0.2, 0.25) is 0 Å². The highest BCUT2D eigenvalue weighted by Gasteiger charge is 2.18. The molecule has 0 saturated heterocycles. The molecule has 23 heavy (non-hydrogen) atoms. The summed E-state index contributed by atoms with van der Waals surface area (Å²) in [5.41, 5.74) is 4.14. The average Bonchev–Trinajstić information content (AvgIpc) is 2.85. The van der Waals surface area contributed by atoms with E-state index in [0.717, 1.165) is 22.4 Å². The first-order valence-corrected chi connectivity index (χ1v) is 7.17. The zero-order valence-corrected chi connectivity index (χ0v) is 13.1. The molecule has 0 aliphatic carbocycles. The van der Waals surface area contributed by atoms with Crippen LogP contribution in [0.1, 0.15) is 27.2 Å². The van der Waals surface area contributed by atoms with Crippen LogP contribution in [0.5, 0.6) is 0 Å². The van der Waals surface area contributed by atoms with E-state index in [2.05, 4.69) is 15.2 Å². The van der Waals surface area contributed by atoms with E-state index >= 15 is 0 Å². The molecule has 0 amide bonds. The number of nitrogens with zero attached hydrogens (tertiary/aromatic N) is 4. The number of carboxylic acids is 1. The fraction of sp³-hybridized carbons (Fsp3) is 0.176. The van der Waals surface area contributed by atoms with Crippen LogP contribution in [0.25, 0.3) is 5.65 Å². The topological polar surface area (TPSA) is 79.3 Å². The predicted molar refractivity (Wildman–Crippen MR) is 87.0 cm³/mol. The van der Waals surface area contributed by atoms with Gasteiger partial charge in [0.15, 0.2) is 11.5 Å². The van der Waals surface area contributed by atoms with Gasteiger partial charge in [-0.25, -0.2) is 9.78 Å². The van der Waals surface area contributed by atoms with E-state index in [1.54, 1.807) is 10.6 Å². The minimum absolute atomic E-state index is 0.106. The second-order valence-electron chi connectivity index (χ2n) is 5.46. The standard InChI is InChI=1S/C17H16N4O2/c1-10-7-8-21-13(9-10)18-15(17(22)23)16(21)20-19-14-11(2)5-4-6-12(14)3/h4-9H,1-3H3,(H,22,23). The first-order valence-electron chi connectivity index (χ1n) is 7.17. The summed E-state index contributed by atoms with van der Waals surface area (Å²) in [5, 5.41) is 17.8. The van der Waals surface area contributed by atoms with Crippen molar-refractivity contribution >= 4 is 23.1 Å². The van der Waals surface area contributed by atoms with Gasteiger partial charge in [-0.3, -0.25) is 4.40 Å². The van der Waals surface area contributed by atoms with E-state index < -0.39 is 5.97 Å². The van der Waals surface area contributed by atoms with Gasteiger partial charge in [-0.15, -0.1) is 10.2 Å². The number of aromatic carboxylic acids is 1. The Morgan fingerprint density at radius 1 is 1.13 bits per heavy atom. The van der Waals surface area contributed by atoms with Gasteiger partial charge in [-0.05, 0) is 49.6 Å². The molecule has 0 bridgehead atoms. The lowest BCUT2D eigenvalue weighted by molar-refractivity contribution is 0.0692. The number of hydrogen-bond acceptors (Lipinski definition) is 4. The maximum Gasteiger partial charge on any atom is 0.358 e. The Balaban J connectivity index is 2.17. The minimum Gasteiger partial charge on any atom is -0.476 e. The molecule has 1 aromatic carbocycles. The number of fused-ring (bicyclic) bond motifs is 1. The summed E-state index contributed by atoms with van der Waals surface area (Å²) in [6, 6.07) is 9.51. The quantitative estimate of drug-likeness (QED) is 0.729. The number of imidazole rings is 1. The Morgan fingerprint density at radius 3 is 2.48 bits per heavy atom. The molecule has 2 heterocycles. The first-order chi connectivity index (χ1) is 11.0. The normalized spacial score (nSPS) is 11.4. The number of carbonyl (C=O) groups is 1. The average molecular weight is 308 g/mol. The summed E-state index contributed by atoms with van der Waals surface area (Å²) in [7, 11) is 0. The summed E-state index contributed by atoms with van der Waals surface area (Å²) in [6.07, 6.45) is 1.75. The second kappa shape index (κ2) is 5.64. The number of aryl methyl sites for hydroxylation is 3. The first kappa shape index (κ1) is 14.9. The predicted octanol–water partition coefficient (Wildman–Crippen LogP) is 4.37. The zero-order valence-electron chi connectivity index (χ0n) is 13.1. The molecule has 3 aromatic rings. The van der Waals surface area contributed by atoms with Crippen LogP contribution in [0.3, 0.4) is 0 Å². The van der Waals surface area contributed by atoms with Crippen molar-refractivity contribution in [1.29, 1.82) is 0 Å². The molecular weight excluding hydrogens is 292 g/mol. The fourth-order valence-corrected chi connectivity index (χ4v) is 2.43. The summed E-state index contributed by atoms with van der Waals surface area (Å²) < 4.78 is 1.63. The van der Waals surface area contributed by atoms with Crippen LogP contribution in [0.4, 0.5) is 11.5 Å². The maximum absolute atomic E-state index is 11.4. The van der Waals surface area contributed by atoms with E-state index in [-0.39, 0.29) is 11.5 Å². The van der Waals surface area contributed by atoms with Crippen molar-refractivity contribution in [2.75, 3.05) is 0 Å². The third-order valence-corrected chi connectivity index (χ3v) is 3.64. The van der Waals surface area contributed by atoms with Crippen molar-refractivity contribution in [2.45, 2.75) is 20.8 Å². The van der Waals surface area contributed by atoms with E-state index in [9.17, 15) is 9.90 Å². The summed E-state index contributed by atoms with van der Waals surface area (Å²) in [6.45, 7) is 5.81. The SMILES string of the molecule is Cc1ccn2c(N=Nc3c(C)cccc3C)c(C(=O)O)nc2c1. The number of pyridine rings is 1. The Kier molecular flexibility index (Phi) is 3.65. The minimum atomic E-state index is -1.12. The van der Waals surface area contributed by atoms with Crippen molar-refractivity contribution in [2.24, 2.45) is 10.2 Å². The molecule has 0 fully saturated rings. The van der Waals surface area contributed by atoms with Gasteiger partial charge in [0.05, 0.1) is 5.69 Å². The molecular formula is C17H16N4O2. The maximum atomic E-state index is 11.4. The van der Waals surface area contributed by atoms with Gasteiger partial charge >= 0.3 is 5.97 Å². The van der Waals surface area contributed by atoms with Crippen molar-refractivity contribution in [3.63, 3.8) is 0 Å². The molecule has 0 aliphatic rings. The summed E-state index contributed by atoms with van der Waals surface area (Å²) >= 11 is 0. The van der Waals surface area contributed by atoms with Crippen LogP contribution in [0, 0.1) is 20.8 Å². The molecule has 0 unspecified atom stereocenters. The van der Waals surface area contributed by atoms with Crippen molar-refractivity contribution in [3.05, 3.63) is 58.9 Å². The lowest BCUT2D eigenvalue weighted by Gasteiger charge is -2.02. The smallest absolute Gasteiger partial charge is 0.358 e. The zero-order chi connectivity index (χ0) is 16.6. The highest BCUT2D eigenvalue weighted by Crippen LogP contribution is 2.28. The molecule has 1 N–H and O–H groups in total. The Labute approximate surface area is 133 Å². The van der Waals surface area contributed by atoms with Crippen LogP contribution < -0.4 is 0 Å². The van der Waals surface area contributed by atoms with E-state index in [4.69, 9.17) is 0 Å². The molecule has 0 atom stereocenters. The number of aromatic nitrogens is 2. The fourth-order valence-electron chi connectivity index (χ4n) is 2.43. The number of hydrogen-bond donors (Lipinski definition) is 1. The van der Waals surface area contributed by atoms with Crippen molar-refractivity contribution < 1.29 is 9.90 Å². The highest BCUT2D eigenvalue weighted by molar-refractivity contribution is 5.91. The van der Waals surface area contributed by atoms with Crippen LogP contribution >= 0.6 is 0 Å². The lowest BCUT2D eigenvalue weighted by atomic mass is 10.1.